The van der Waals surface area contributed by atoms with E-state index in [9.17, 15) is 0 Å². The van der Waals surface area contributed by atoms with Gasteiger partial charge in [0.15, 0.2) is 0 Å². The Hall–Kier alpha value is -0.500. The number of thiol groups is 1. The van der Waals surface area contributed by atoms with Gasteiger partial charge in [-0.3, -0.25) is 4.99 Å². The Morgan fingerprint density at radius 3 is 2.75 bits per heavy atom. The highest BCUT2D eigenvalue weighted by Crippen LogP contribution is 2.00. The summed E-state index contributed by atoms with van der Waals surface area (Å²) in [4.78, 5) is 4.34. The van der Waals surface area contributed by atoms with Gasteiger partial charge in [0.2, 0.25) is 0 Å². The van der Waals surface area contributed by atoms with Crippen molar-refractivity contribution < 1.29 is 0 Å². The Balaban J connectivity index is 3.79. The fraction of sp³-hybridized carbons (Fsp3) is 0.167. The Kier molecular flexibility index (Phi) is 4.36. The maximum atomic E-state index is 4.03. The predicted octanol–water partition coefficient (Wildman–Crippen LogP) is 2.03. The second kappa shape index (κ2) is 4.65. The van der Waals surface area contributed by atoms with Gasteiger partial charge >= 0.3 is 0 Å². The van der Waals surface area contributed by atoms with Crippen molar-refractivity contribution >= 4 is 19.3 Å². The minimum absolute atomic E-state index is 0.822. The number of hydrogen-bond donors (Lipinski definition) is 1. The monoisotopic (exact) mass is 127 g/mol. The third kappa shape index (κ3) is 3.68. The van der Waals surface area contributed by atoms with E-state index in [1.807, 2.05) is 19.1 Å². The molecule has 0 radical (unpaired) electrons. The van der Waals surface area contributed by atoms with E-state index in [0.29, 0.717) is 0 Å². The molecule has 1 nitrogen and oxygen atoms in total. The van der Waals surface area contributed by atoms with Crippen molar-refractivity contribution in [1.29, 1.82) is 0 Å². The first-order chi connectivity index (χ1) is 3.81. The second-order valence-electron chi connectivity index (χ2n) is 1.24. The molecule has 0 saturated heterocycles. The molecule has 0 aliphatic carbocycles. The summed E-state index contributed by atoms with van der Waals surface area (Å²) in [6.07, 6.45) is 5.32. The van der Waals surface area contributed by atoms with Gasteiger partial charge in [-0.25, -0.2) is 0 Å². The summed E-state index contributed by atoms with van der Waals surface area (Å²) >= 11 is 4.03. The van der Waals surface area contributed by atoms with Crippen molar-refractivity contribution in [2.24, 2.45) is 4.99 Å². The zero-order chi connectivity index (χ0) is 6.41. The highest BCUT2D eigenvalue weighted by atomic mass is 32.1. The normalized spacial score (nSPS) is 12.5. The molecule has 0 saturated carbocycles. The molecule has 0 N–H and O–H groups in total. The van der Waals surface area contributed by atoms with Crippen LogP contribution in [0.4, 0.5) is 0 Å². The third-order valence-corrected chi connectivity index (χ3v) is 0.826. The first-order valence-electron chi connectivity index (χ1n) is 2.29. The van der Waals surface area contributed by atoms with Crippen molar-refractivity contribution in [3.8, 4) is 0 Å². The first-order valence-corrected chi connectivity index (χ1v) is 2.73. The van der Waals surface area contributed by atoms with E-state index in [-0.39, 0.29) is 0 Å². The fourth-order valence-corrected chi connectivity index (χ4v) is 0.538. The molecule has 0 aromatic rings. The minimum atomic E-state index is 0.822. The van der Waals surface area contributed by atoms with Crippen LogP contribution in [0.2, 0.25) is 0 Å². The van der Waals surface area contributed by atoms with Gasteiger partial charge in [-0.1, -0.05) is 12.2 Å². The lowest BCUT2D eigenvalue weighted by molar-refractivity contribution is 1.59. The van der Waals surface area contributed by atoms with Gasteiger partial charge in [0.05, 0.1) is 0 Å². The lowest BCUT2D eigenvalue weighted by atomic mass is 10.5. The summed E-state index contributed by atoms with van der Waals surface area (Å²) in [6.45, 7) is 5.20. The van der Waals surface area contributed by atoms with E-state index in [4.69, 9.17) is 0 Å². The molecule has 44 valence electrons. The molecule has 0 spiro atoms. The van der Waals surface area contributed by atoms with Crippen molar-refractivity contribution in [3.05, 3.63) is 23.3 Å². The maximum absolute atomic E-state index is 4.03. The molecule has 0 fully saturated rings. The zero-order valence-corrected chi connectivity index (χ0v) is 5.73. The van der Waals surface area contributed by atoms with E-state index in [1.165, 1.54) is 0 Å². The van der Waals surface area contributed by atoms with E-state index >= 15 is 0 Å². The Morgan fingerprint density at radius 1 is 1.75 bits per heavy atom. The van der Waals surface area contributed by atoms with Crippen LogP contribution in [0.3, 0.4) is 0 Å². The summed E-state index contributed by atoms with van der Waals surface area (Å²) in [5.41, 5.74) is 0. The molecule has 0 aromatic heterocycles. The molecule has 0 aliphatic heterocycles. The lowest BCUT2D eigenvalue weighted by Gasteiger charge is -1.81. The molecule has 0 aromatic carbocycles. The smallest absolute Gasteiger partial charge is 0.0393 e. The summed E-state index contributed by atoms with van der Waals surface area (Å²) in [5.74, 6) is 0. The molecular formula is C6H9NS. The van der Waals surface area contributed by atoms with Crippen LogP contribution >= 0.6 is 12.6 Å². The van der Waals surface area contributed by atoms with Gasteiger partial charge < -0.3 is 0 Å². The van der Waals surface area contributed by atoms with Crippen LogP contribution in [-0.2, 0) is 0 Å². The molecule has 0 atom stereocenters. The predicted molar refractivity (Wildman–Crippen MR) is 41.4 cm³/mol. The number of allylic oxidation sites excluding steroid dienone is 2. The molecule has 8 heavy (non-hydrogen) atoms. The summed E-state index contributed by atoms with van der Waals surface area (Å²) < 4.78 is 0. The van der Waals surface area contributed by atoms with Gasteiger partial charge in [0.25, 0.3) is 0 Å². The average Bonchev–Trinajstić information content (AvgIpc) is 1.68. The first kappa shape index (κ1) is 7.50. The van der Waals surface area contributed by atoms with Crippen molar-refractivity contribution in [3.63, 3.8) is 0 Å². The number of nitrogens with zero attached hydrogens (tertiary/aromatic N) is 1. The van der Waals surface area contributed by atoms with Crippen LogP contribution in [0, 0.1) is 0 Å². The lowest BCUT2D eigenvalue weighted by Crippen LogP contribution is -1.57. The topological polar surface area (TPSA) is 12.4 Å². The maximum Gasteiger partial charge on any atom is 0.0393 e. The highest BCUT2D eigenvalue weighted by molar-refractivity contribution is 7.84. The zero-order valence-electron chi connectivity index (χ0n) is 4.83. The number of aliphatic imine (C=N–C) groups is 1. The molecule has 2 heteroatoms. The quantitative estimate of drug-likeness (QED) is 0.331. The Bertz CT molecular complexity index is 124. The number of rotatable bonds is 2. The molecule has 0 heterocycles. The van der Waals surface area contributed by atoms with Crippen LogP contribution in [0.15, 0.2) is 28.2 Å². The molecule has 0 amide bonds. The van der Waals surface area contributed by atoms with Crippen molar-refractivity contribution in [1.82, 2.24) is 0 Å². The Labute approximate surface area is 55.2 Å². The molecule has 0 bridgehead atoms. The summed E-state index contributed by atoms with van der Waals surface area (Å²) in [5, 5.41) is 0. The van der Waals surface area contributed by atoms with Crippen LogP contribution in [0.5, 0.6) is 0 Å². The average molecular weight is 127 g/mol. The van der Waals surface area contributed by atoms with Gasteiger partial charge in [0.1, 0.15) is 0 Å². The standard InChI is InChI=1S/C6H9NS/c1-3-4-6(8)5-7-2/h3-5,8H,2H2,1H3/b4-3-,6-5+. The van der Waals surface area contributed by atoms with Crippen LogP contribution in [0.1, 0.15) is 6.92 Å². The van der Waals surface area contributed by atoms with E-state index in [2.05, 4.69) is 24.3 Å². The number of hydrogen-bond acceptors (Lipinski definition) is 2. The largest absolute Gasteiger partial charge is 0.271 e. The summed E-state index contributed by atoms with van der Waals surface area (Å²) in [7, 11) is 0. The minimum Gasteiger partial charge on any atom is -0.271 e. The highest BCUT2D eigenvalue weighted by Gasteiger charge is 1.73. The van der Waals surface area contributed by atoms with Crippen molar-refractivity contribution in [2.75, 3.05) is 0 Å². The Morgan fingerprint density at radius 2 is 2.38 bits per heavy atom. The van der Waals surface area contributed by atoms with Crippen LogP contribution < -0.4 is 0 Å². The van der Waals surface area contributed by atoms with Gasteiger partial charge in [-0.05, 0) is 13.6 Å². The van der Waals surface area contributed by atoms with Crippen LogP contribution in [0.25, 0.3) is 0 Å². The van der Waals surface area contributed by atoms with Gasteiger partial charge in [-0.2, -0.15) is 0 Å². The summed E-state index contributed by atoms with van der Waals surface area (Å²) in [6, 6.07) is 0. The van der Waals surface area contributed by atoms with Crippen molar-refractivity contribution in [2.45, 2.75) is 6.92 Å². The third-order valence-electron chi connectivity index (χ3n) is 0.561. The van der Waals surface area contributed by atoms with E-state index in [0.717, 1.165) is 4.91 Å². The van der Waals surface area contributed by atoms with Crippen LogP contribution in [-0.4, -0.2) is 6.72 Å². The second-order valence-corrected chi connectivity index (χ2v) is 1.75. The van der Waals surface area contributed by atoms with Gasteiger partial charge in [-0.15, -0.1) is 12.6 Å². The van der Waals surface area contributed by atoms with Gasteiger partial charge in [0, 0.05) is 11.1 Å². The molecular weight excluding hydrogens is 118 g/mol. The molecule has 0 rings (SSSR count). The van der Waals surface area contributed by atoms with E-state index < -0.39 is 0 Å². The molecule has 0 unspecified atom stereocenters. The SMILES string of the molecule is C=N/C=C(S)\C=C/C. The molecule has 0 aliphatic rings. The van der Waals surface area contributed by atoms with E-state index in [1.54, 1.807) is 6.20 Å². The fourth-order valence-electron chi connectivity index (χ4n) is 0.307.